The van der Waals surface area contributed by atoms with Crippen molar-refractivity contribution in [3.63, 3.8) is 0 Å². The highest BCUT2D eigenvalue weighted by atomic mass is 19.4. The van der Waals surface area contributed by atoms with Crippen LogP contribution >= 0.6 is 0 Å². The molecule has 0 aromatic heterocycles. The average Bonchev–Trinajstić information content (AvgIpc) is 2.57. The second kappa shape index (κ2) is 8.31. The fourth-order valence-electron chi connectivity index (χ4n) is 1.37. The topological polar surface area (TPSA) is 52.6 Å². The number of carbonyl (C=O) groups is 2. The minimum atomic E-state index is -7.30. The average molecular weight is 438 g/mol. The van der Waals surface area contributed by atoms with E-state index < -0.39 is 60.7 Å². The van der Waals surface area contributed by atoms with Crippen LogP contribution in [0.15, 0.2) is 0 Å². The Morgan fingerprint density at radius 2 is 1.18 bits per heavy atom. The Morgan fingerprint density at radius 3 is 1.54 bits per heavy atom. The van der Waals surface area contributed by atoms with Gasteiger partial charge in [-0.2, -0.15) is 35.1 Å². The van der Waals surface area contributed by atoms with Crippen LogP contribution in [0, 0.1) is 5.41 Å². The van der Waals surface area contributed by atoms with Gasteiger partial charge in [-0.25, -0.2) is 13.6 Å². The molecule has 0 radical (unpaired) electrons. The van der Waals surface area contributed by atoms with Gasteiger partial charge >= 0.3 is 42.1 Å². The second-order valence-electron chi connectivity index (χ2n) is 6.16. The van der Waals surface area contributed by atoms with Crippen LogP contribution < -0.4 is 0 Å². The highest BCUT2D eigenvalue weighted by Gasteiger charge is 2.85. The molecule has 0 unspecified atom stereocenters. The molecule has 0 aromatic rings. The lowest BCUT2D eigenvalue weighted by Gasteiger charge is -2.35. The van der Waals surface area contributed by atoms with Crippen molar-refractivity contribution < 1.29 is 63.0 Å². The standard InChI is InChI=1S/C14H16F10O4/c1-4-10(2,3)8(25)27-5-6-28-9(26)12(19,20)14(23,24)13(21,22)11(17,18)7(15)16/h7H,4-6H2,1-3H3. The van der Waals surface area contributed by atoms with E-state index in [0.717, 1.165) is 0 Å². The van der Waals surface area contributed by atoms with Gasteiger partial charge in [0.05, 0.1) is 5.41 Å². The smallest absolute Gasteiger partial charge is 0.410 e. The molecule has 0 atom stereocenters. The molecule has 0 saturated heterocycles. The summed E-state index contributed by atoms with van der Waals surface area (Å²) < 4.78 is 136. The third-order valence-electron chi connectivity index (χ3n) is 3.72. The van der Waals surface area contributed by atoms with Crippen LogP contribution in [0.1, 0.15) is 27.2 Å². The van der Waals surface area contributed by atoms with Crippen LogP contribution in [0.5, 0.6) is 0 Å². The molecule has 14 heteroatoms. The van der Waals surface area contributed by atoms with Crippen molar-refractivity contribution in [2.45, 2.75) is 57.3 Å². The maximum atomic E-state index is 13.3. The maximum absolute atomic E-state index is 13.3. The minimum Gasteiger partial charge on any atom is -0.462 e. The van der Waals surface area contributed by atoms with Crippen LogP contribution in [0.4, 0.5) is 43.9 Å². The molecule has 0 amide bonds. The predicted octanol–water partition coefficient (Wildman–Crippen LogP) is 4.32. The molecule has 0 aromatic carbocycles. The minimum absolute atomic E-state index is 0.267. The molecular formula is C14H16F10O4. The maximum Gasteiger partial charge on any atom is 0.410 e. The Morgan fingerprint density at radius 1 is 0.786 bits per heavy atom. The SMILES string of the molecule is CCC(C)(C)C(=O)OCCOC(=O)C(F)(F)C(F)(F)C(F)(F)C(F)(F)C(F)F. The lowest BCUT2D eigenvalue weighted by atomic mass is 9.91. The van der Waals surface area contributed by atoms with Crippen LogP contribution in [0.2, 0.25) is 0 Å². The largest absolute Gasteiger partial charge is 0.462 e. The Balaban J connectivity index is 5.18. The lowest BCUT2D eigenvalue weighted by molar-refractivity contribution is -0.378. The Bertz CT molecular complexity index is 574. The highest BCUT2D eigenvalue weighted by Crippen LogP contribution is 2.54. The number of hydrogen-bond acceptors (Lipinski definition) is 4. The van der Waals surface area contributed by atoms with Gasteiger partial charge in [0.15, 0.2) is 0 Å². The van der Waals surface area contributed by atoms with Crippen molar-refractivity contribution >= 4 is 11.9 Å². The van der Waals surface area contributed by atoms with Crippen molar-refractivity contribution in [2.75, 3.05) is 13.2 Å². The van der Waals surface area contributed by atoms with Crippen LogP contribution in [-0.4, -0.2) is 55.3 Å². The van der Waals surface area contributed by atoms with Gasteiger partial charge in [0, 0.05) is 0 Å². The van der Waals surface area contributed by atoms with Gasteiger partial charge in [0.1, 0.15) is 13.2 Å². The normalized spacial score (nSPS) is 14.2. The molecule has 0 rings (SSSR count). The van der Waals surface area contributed by atoms with E-state index in [9.17, 15) is 53.5 Å². The Hall–Kier alpha value is -1.76. The molecule has 0 N–H and O–H groups in total. The zero-order valence-electron chi connectivity index (χ0n) is 14.6. The van der Waals surface area contributed by atoms with Gasteiger partial charge < -0.3 is 9.47 Å². The number of hydrogen-bond donors (Lipinski definition) is 0. The number of carbonyl (C=O) groups excluding carboxylic acids is 2. The Kier molecular flexibility index (Phi) is 7.79. The molecule has 28 heavy (non-hydrogen) atoms. The zero-order chi connectivity index (χ0) is 22.8. The summed E-state index contributed by atoms with van der Waals surface area (Å²) in [6, 6.07) is 0. The summed E-state index contributed by atoms with van der Waals surface area (Å²) in [5, 5.41) is 0. The highest BCUT2D eigenvalue weighted by molar-refractivity contribution is 5.79. The summed E-state index contributed by atoms with van der Waals surface area (Å²) in [4.78, 5) is 22.5. The van der Waals surface area contributed by atoms with Crippen LogP contribution in [0.3, 0.4) is 0 Å². The number of alkyl halides is 10. The molecule has 0 aliphatic rings. The fraction of sp³-hybridized carbons (Fsp3) is 0.857. The first-order valence-electron chi connectivity index (χ1n) is 7.44. The summed E-state index contributed by atoms with van der Waals surface area (Å²) in [7, 11) is 0. The van der Waals surface area contributed by atoms with Gasteiger partial charge in [0.2, 0.25) is 0 Å². The molecule has 0 saturated carbocycles. The molecule has 0 aliphatic carbocycles. The number of halogens is 10. The monoisotopic (exact) mass is 438 g/mol. The summed E-state index contributed by atoms with van der Waals surface area (Å²) in [5.41, 5.74) is -1.04. The first-order chi connectivity index (χ1) is 12.3. The first kappa shape index (κ1) is 26.2. The first-order valence-corrected chi connectivity index (χ1v) is 7.44. The van der Waals surface area contributed by atoms with Gasteiger partial charge in [-0.1, -0.05) is 6.92 Å². The molecule has 0 heterocycles. The van der Waals surface area contributed by atoms with E-state index in [4.69, 9.17) is 0 Å². The summed E-state index contributed by atoms with van der Waals surface area (Å²) in [6.07, 6.45) is -5.16. The Labute approximate surface area is 152 Å². The summed E-state index contributed by atoms with van der Waals surface area (Å²) >= 11 is 0. The lowest BCUT2D eigenvalue weighted by Crippen LogP contribution is -2.66. The third kappa shape index (κ3) is 4.62. The number of esters is 2. The fourth-order valence-corrected chi connectivity index (χ4v) is 1.37. The van der Waals surface area contributed by atoms with E-state index in [1.807, 2.05) is 0 Å². The summed E-state index contributed by atoms with van der Waals surface area (Å²) in [5.74, 6) is -32.3. The molecule has 166 valence electrons. The predicted molar refractivity (Wildman–Crippen MR) is 71.8 cm³/mol. The quantitative estimate of drug-likeness (QED) is 0.290. The van der Waals surface area contributed by atoms with Gasteiger partial charge in [-0.05, 0) is 20.3 Å². The molecule has 0 aliphatic heterocycles. The molecule has 4 nitrogen and oxygen atoms in total. The van der Waals surface area contributed by atoms with E-state index in [1.54, 1.807) is 6.92 Å². The number of rotatable bonds is 10. The van der Waals surface area contributed by atoms with E-state index in [2.05, 4.69) is 9.47 Å². The summed E-state index contributed by atoms with van der Waals surface area (Å²) in [6.45, 7) is 2.16. The molecule has 0 spiro atoms. The molecule has 0 bridgehead atoms. The van der Waals surface area contributed by atoms with E-state index in [1.165, 1.54) is 13.8 Å². The van der Waals surface area contributed by atoms with Gasteiger partial charge in [-0.3, -0.25) is 4.79 Å². The van der Waals surface area contributed by atoms with Crippen molar-refractivity contribution in [1.82, 2.24) is 0 Å². The van der Waals surface area contributed by atoms with E-state index in [-0.39, 0.29) is 6.42 Å². The molecule has 0 fully saturated rings. The van der Waals surface area contributed by atoms with Crippen LogP contribution in [0.25, 0.3) is 0 Å². The molecular weight excluding hydrogens is 422 g/mol. The van der Waals surface area contributed by atoms with Crippen molar-refractivity contribution in [3.8, 4) is 0 Å². The van der Waals surface area contributed by atoms with Crippen LogP contribution in [-0.2, 0) is 19.1 Å². The van der Waals surface area contributed by atoms with Gasteiger partial charge in [0.25, 0.3) is 0 Å². The van der Waals surface area contributed by atoms with Crippen molar-refractivity contribution in [1.29, 1.82) is 0 Å². The zero-order valence-corrected chi connectivity index (χ0v) is 14.6. The van der Waals surface area contributed by atoms with Gasteiger partial charge in [-0.15, -0.1) is 0 Å². The van der Waals surface area contributed by atoms with E-state index in [0.29, 0.717) is 0 Å². The van der Waals surface area contributed by atoms with E-state index >= 15 is 0 Å². The van der Waals surface area contributed by atoms with Crippen molar-refractivity contribution in [2.24, 2.45) is 5.41 Å². The number of ether oxygens (including phenoxy) is 2. The third-order valence-corrected chi connectivity index (χ3v) is 3.72. The second-order valence-corrected chi connectivity index (χ2v) is 6.16. The van der Waals surface area contributed by atoms with Crippen molar-refractivity contribution in [3.05, 3.63) is 0 Å².